The molecule has 182 valence electrons. The highest BCUT2D eigenvalue weighted by atomic mass is 16.5. The maximum atomic E-state index is 6.17. The summed E-state index contributed by atoms with van der Waals surface area (Å²) in [4.78, 5) is 8.86. The van der Waals surface area contributed by atoms with Gasteiger partial charge in [-0.05, 0) is 38.5 Å². The first-order valence-electron chi connectivity index (χ1n) is 11.4. The quantitative estimate of drug-likeness (QED) is 0.325. The molecule has 0 saturated heterocycles. The van der Waals surface area contributed by atoms with Gasteiger partial charge in [-0.3, -0.25) is 16.0 Å². The monoisotopic (exact) mass is 460 g/mol. The van der Waals surface area contributed by atoms with Gasteiger partial charge in [0.2, 0.25) is 0 Å². The first-order valence-corrected chi connectivity index (χ1v) is 11.4. The van der Waals surface area contributed by atoms with Gasteiger partial charge in [-0.1, -0.05) is 5.57 Å². The maximum Gasteiger partial charge on any atom is 0.154 e. The molecule has 6 N–H and O–H groups in total. The summed E-state index contributed by atoms with van der Waals surface area (Å²) in [6, 6.07) is 5.71. The minimum atomic E-state index is -0.530. The van der Waals surface area contributed by atoms with Crippen LogP contribution in [0.15, 0.2) is 39.3 Å². The fourth-order valence-electron chi connectivity index (χ4n) is 3.73. The van der Waals surface area contributed by atoms with E-state index in [1.54, 1.807) is 0 Å². The van der Waals surface area contributed by atoms with Gasteiger partial charge < -0.3 is 30.0 Å². The second-order valence-electron chi connectivity index (χ2n) is 7.68. The minimum absolute atomic E-state index is 0.109. The summed E-state index contributed by atoms with van der Waals surface area (Å²) < 4.78 is 22.5. The number of rotatable bonds is 13. The highest BCUT2D eigenvalue weighted by Gasteiger charge is 2.34. The molecule has 0 saturated carbocycles. The van der Waals surface area contributed by atoms with Crippen LogP contribution in [0.3, 0.4) is 0 Å². The number of amidine groups is 1. The number of nitrogens with two attached hydrogens (primary N) is 2. The maximum absolute atomic E-state index is 6.17. The van der Waals surface area contributed by atoms with Crippen LogP contribution in [0.4, 0.5) is 5.69 Å². The van der Waals surface area contributed by atoms with Crippen LogP contribution >= 0.6 is 0 Å². The summed E-state index contributed by atoms with van der Waals surface area (Å²) in [6.45, 7) is 9.83. The average Bonchev–Trinajstić information content (AvgIpc) is 2.79. The zero-order valence-corrected chi connectivity index (χ0v) is 19.7. The SMILES string of the molecule is CCOCCOc1ccc(OCCOCC)c(NCC2=C(C)C3C(N)=NC(N)NC3N=C2)c1. The second kappa shape index (κ2) is 12.5. The van der Waals surface area contributed by atoms with Gasteiger partial charge in [-0.15, -0.1) is 0 Å². The minimum Gasteiger partial charge on any atom is -0.491 e. The zero-order valence-electron chi connectivity index (χ0n) is 19.7. The van der Waals surface area contributed by atoms with Gasteiger partial charge in [-0.2, -0.15) is 0 Å². The summed E-state index contributed by atoms with van der Waals surface area (Å²) in [7, 11) is 0. The summed E-state index contributed by atoms with van der Waals surface area (Å²) in [5.74, 6) is 1.85. The third-order valence-corrected chi connectivity index (χ3v) is 5.44. The standard InChI is InChI=1S/C23H36N6O4/c1-4-30-8-10-32-17-6-7-19(33-11-9-31-5-2)18(12-17)26-13-16-14-27-22-20(15(16)3)21(24)28-23(25)29-22/h6-7,12,14,20,22-23,26,29H,4-5,8-11,13,25H2,1-3H3,(H2,24,28). The molecule has 0 aromatic heterocycles. The Balaban J connectivity index is 1.71. The number of benzene rings is 1. The van der Waals surface area contributed by atoms with Crippen molar-refractivity contribution in [2.45, 2.75) is 33.2 Å². The fourth-order valence-corrected chi connectivity index (χ4v) is 3.73. The molecule has 10 nitrogen and oxygen atoms in total. The van der Waals surface area contributed by atoms with Gasteiger partial charge in [0.1, 0.15) is 36.7 Å². The van der Waals surface area contributed by atoms with E-state index < -0.39 is 6.29 Å². The number of dihydropyridines is 1. The number of hydrogen-bond acceptors (Lipinski definition) is 10. The van der Waals surface area contributed by atoms with Crippen molar-refractivity contribution in [3.63, 3.8) is 0 Å². The van der Waals surface area contributed by atoms with Crippen molar-refractivity contribution < 1.29 is 18.9 Å². The van der Waals surface area contributed by atoms with Crippen LogP contribution in [0.5, 0.6) is 11.5 Å². The Morgan fingerprint density at radius 1 is 1.06 bits per heavy atom. The van der Waals surface area contributed by atoms with E-state index in [-0.39, 0.29) is 12.1 Å². The first-order chi connectivity index (χ1) is 16.0. The van der Waals surface area contributed by atoms with E-state index in [2.05, 4.69) is 20.6 Å². The second-order valence-corrected chi connectivity index (χ2v) is 7.68. The fraction of sp³-hybridized carbons (Fsp3) is 0.565. The first kappa shape index (κ1) is 25.0. The molecule has 2 aliphatic heterocycles. The van der Waals surface area contributed by atoms with Crippen LogP contribution in [-0.2, 0) is 9.47 Å². The van der Waals surface area contributed by atoms with E-state index in [9.17, 15) is 0 Å². The van der Waals surface area contributed by atoms with Crippen LogP contribution in [0.25, 0.3) is 0 Å². The topological polar surface area (TPSA) is 138 Å². The highest BCUT2D eigenvalue weighted by molar-refractivity contribution is 5.92. The number of aliphatic imine (C=N–C) groups is 2. The van der Waals surface area contributed by atoms with E-state index in [0.717, 1.165) is 28.3 Å². The Bertz CT molecular complexity index is 873. The molecule has 0 radical (unpaired) electrons. The summed E-state index contributed by atoms with van der Waals surface area (Å²) in [5, 5.41) is 6.61. The van der Waals surface area contributed by atoms with Crippen molar-refractivity contribution in [1.29, 1.82) is 0 Å². The van der Waals surface area contributed by atoms with Crippen molar-refractivity contribution in [3.8, 4) is 11.5 Å². The molecule has 3 unspecified atom stereocenters. The molecule has 2 aliphatic rings. The van der Waals surface area contributed by atoms with Gasteiger partial charge >= 0.3 is 0 Å². The number of nitrogens with one attached hydrogen (secondary N) is 2. The van der Waals surface area contributed by atoms with Crippen LogP contribution in [-0.4, -0.2) is 70.7 Å². The molecular weight excluding hydrogens is 424 g/mol. The Morgan fingerprint density at radius 3 is 2.52 bits per heavy atom. The molecule has 0 spiro atoms. The van der Waals surface area contributed by atoms with Crippen LogP contribution in [0.1, 0.15) is 20.8 Å². The Labute approximate surface area is 195 Å². The summed E-state index contributed by atoms with van der Waals surface area (Å²) in [6.07, 6.45) is 1.14. The molecule has 0 amide bonds. The van der Waals surface area contributed by atoms with Gasteiger partial charge in [0.25, 0.3) is 0 Å². The number of anilines is 1. The largest absolute Gasteiger partial charge is 0.491 e. The van der Waals surface area contributed by atoms with Gasteiger partial charge in [0, 0.05) is 32.0 Å². The lowest BCUT2D eigenvalue weighted by atomic mass is 9.88. The molecule has 3 rings (SSSR count). The van der Waals surface area contributed by atoms with E-state index >= 15 is 0 Å². The molecule has 0 aliphatic carbocycles. The lowest BCUT2D eigenvalue weighted by Gasteiger charge is -2.35. The van der Waals surface area contributed by atoms with Crippen molar-refractivity contribution >= 4 is 17.7 Å². The number of nitrogens with zero attached hydrogens (tertiary/aromatic N) is 2. The average molecular weight is 461 g/mol. The van der Waals surface area contributed by atoms with E-state index in [0.29, 0.717) is 52.0 Å². The van der Waals surface area contributed by atoms with Crippen LogP contribution in [0, 0.1) is 5.92 Å². The molecule has 3 atom stereocenters. The van der Waals surface area contributed by atoms with Crippen LogP contribution in [0.2, 0.25) is 0 Å². The van der Waals surface area contributed by atoms with Gasteiger partial charge in [-0.25, -0.2) is 4.99 Å². The van der Waals surface area contributed by atoms with Gasteiger partial charge in [0.05, 0.1) is 24.8 Å². The van der Waals surface area contributed by atoms with Crippen molar-refractivity contribution in [2.75, 3.05) is 51.5 Å². The van der Waals surface area contributed by atoms with Crippen molar-refractivity contribution in [2.24, 2.45) is 27.4 Å². The zero-order chi connectivity index (χ0) is 23.6. The third-order valence-electron chi connectivity index (χ3n) is 5.44. The van der Waals surface area contributed by atoms with E-state index in [1.165, 1.54) is 0 Å². The number of ether oxygens (including phenoxy) is 4. The lowest BCUT2D eigenvalue weighted by molar-refractivity contribution is 0.109. The molecule has 33 heavy (non-hydrogen) atoms. The van der Waals surface area contributed by atoms with Crippen molar-refractivity contribution in [1.82, 2.24) is 5.32 Å². The van der Waals surface area contributed by atoms with E-state index in [1.807, 2.05) is 45.2 Å². The van der Waals surface area contributed by atoms with Crippen LogP contribution < -0.4 is 31.6 Å². The normalized spacial score (nSPS) is 22.1. The molecule has 1 aromatic carbocycles. The number of hydrogen-bond donors (Lipinski definition) is 4. The Kier molecular flexibility index (Phi) is 9.49. The molecule has 0 bridgehead atoms. The van der Waals surface area contributed by atoms with Gasteiger partial charge in [0.15, 0.2) is 6.29 Å². The van der Waals surface area contributed by atoms with Crippen molar-refractivity contribution in [3.05, 3.63) is 29.3 Å². The molecule has 10 heteroatoms. The molecule has 2 heterocycles. The van der Waals surface area contributed by atoms with E-state index in [4.69, 9.17) is 30.4 Å². The predicted molar refractivity (Wildman–Crippen MR) is 130 cm³/mol. The summed E-state index contributed by atoms with van der Waals surface area (Å²) in [5.41, 5.74) is 15.0. The summed E-state index contributed by atoms with van der Waals surface area (Å²) >= 11 is 0. The highest BCUT2D eigenvalue weighted by Crippen LogP contribution is 2.31. The smallest absolute Gasteiger partial charge is 0.154 e. The Hall–Kier alpha value is -2.66. The molecular formula is C23H36N6O4. The predicted octanol–water partition coefficient (Wildman–Crippen LogP) is 1.48. The number of fused-ring (bicyclic) bond motifs is 1. The Morgan fingerprint density at radius 2 is 1.79 bits per heavy atom. The molecule has 0 fully saturated rings. The lowest BCUT2D eigenvalue weighted by Crippen LogP contribution is -2.55. The third kappa shape index (κ3) is 6.91. The molecule has 1 aromatic rings.